The average molecular weight is 699 g/mol. The van der Waals surface area contributed by atoms with Crippen molar-refractivity contribution in [3.8, 4) is 18.1 Å². The quantitative estimate of drug-likeness (QED) is 0.145. The van der Waals surface area contributed by atoms with Crippen molar-refractivity contribution in [2.75, 3.05) is 25.2 Å². The number of terminal acetylenes is 1. The Balaban J connectivity index is 1.51. The summed E-state index contributed by atoms with van der Waals surface area (Å²) in [5, 5.41) is 1.55. The summed E-state index contributed by atoms with van der Waals surface area (Å²) in [6.07, 6.45) is 10.5. The molecule has 4 rings (SSSR count). The van der Waals surface area contributed by atoms with Crippen LogP contribution in [-0.2, 0) is 20.5 Å². The minimum Gasteiger partial charge on any atom is -0.497 e. The maximum atomic E-state index is 7.18. The summed E-state index contributed by atoms with van der Waals surface area (Å²) >= 11 is 4.31. The molecule has 2 aliphatic heterocycles. The van der Waals surface area contributed by atoms with Crippen LogP contribution in [-0.4, -0.2) is 64.0 Å². The molecule has 0 N–H and O–H groups in total. The fraction of sp³-hybridized carbons (Fsp3) is 0.632. The molecule has 46 heavy (non-hydrogen) atoms. The Hall–Kier alpha value is -1.19. The van der Waals surface area contributed by atoms with Gasteiger partial charge in [-0.3, -0.25) is 0 Å². The van der Waals surface area contributed by atoms with E-state index in [1.165, 1.54) is 28.7 Å². The van der Waals surface area contributed by atoms with Gasteiger partial charge in [0.25, 0.3) is 0 Å². The SMILES string of the molecule is C#C[C@@H](O[Si](C)(C)C(C)(C)C)[C@@H]1O[C@@H](CC2(C[C@H](C)COCc3ccc(OC)cc3)SCCCS2)C[C@H]1[Si](C)(C)c1ccccc1. The summed E-state index contributed by atoms with van der Waals surface area (Å²) < 4.78 is 25.8. The third-order valence-electron chi connectivity index (χ3n) is 10.4. The molecular formula is C38H58O4S2Si2. The molecule has 254 valence electrons. The van der Waals surface area contributed by atoms with Crippen molar-refractivity contribution >= 4 is 45.1 Å². The molecule has 2 heterocycles. The first-order chi connectivity index (χ1) is 21.7. The molecule has 0 amide bonds. The topological polar surface area (TPSA) is 36.9 Å². The Morgan fingerprint density at radius 2 is 1.67 bits per heavy atom. The largest absolute Gasteiger partial charge is 0.497 e. The highest BCUT2D eigenvalue weighted by molar-refractivity contribution is 8.18. The van der Waals surface area contributed by atoms with Crippen LogP contribution in [0.5, 0.6) is 5.75 Å². The zero-order valence-corrected chi connectivity index (χ0v) is 33.4. The van der Waals surface area contributed by atoms with Crippen LogP contribution >= 0.6 is 23.5 Å². The van der Waals surface area contributed by atoms with Crippen molar-refractivity contribution in [3.05, 3.63) is 60.2 Å². The van der Waals surface area contributed by atoms with Gasteiger partial charge in [-0.1, -0.05) is 94.4 Å². The molecule has 2 aromatic carbocycles. The molecule has 2 fully saturated rings. The van der Waals surface area contributed by atoms with Gasteiger partial charge in [-0.2, -0.15) is 0 Å². The lowest BCUT2D eigenvalue weighted by atomic mass is 10.00. The highest BCUT2D eigenvalue weighted by Gasteiger charge is 2.52. The Morgan fingerprint density at radius 1 is 1.02 bits per heavy atom. The van der Waals surface area contributed by atoms with Gasteiger partial charge in [-0.15, -0.1) is 29.9 Å². The molecule has 0 aliphatic carbocycles. The van der Waals surface area contributed by atoms with Crippen LogP contribution < -0.4 is 9.92 Å². The number of hydrogen-bond donors (Lipinski definition) is 0. The van der Waals surface area contributed by atoms with Crippen LogP contribution in [0.1, 0.15) is 58.9 Å². The van der Waals surface area contributed by atoms with Gasteiger partial charge in [0.05, 0.1) is 38.1 Å². The number of benzene rings is 2. The van der Waals surface area contributed by atoms with Crippen LogP contribution in [0.25, 0.3) is 0 Å². The molecule has 0 bridgehead atoms. The van der Waals surface area contributed by atoms with Crippen LogP contribution in [0.2, 0.25) is 36.8 Å². The zero-order chi connectivity index (χ0) is 33.6. The predicted molar refractivity (Wildman–Crippen MR) is 205 cm³/mol. The molecule has 0 spiro atoms. The standard InChI is InChI=1S/C38H58O4S2Si2/c1-11-34(42-46(9,10)37(3,4)5)36-35(45(7,8)33-16-13-12-14-17-33)24-32(41-36)26-38(43-22-15-23-44-38)25-29(2)27-40-28-30-18-20-31(39-6)21-19-30/h1,12-14,16-21,29,32,34-36H,15,22-28H2,2-10H3/t29-,32+,34+,35+,36-/m0/s1. The minimum atomic E-state index is -2.10. The maximum Gasteiger partial charge on any atom is 0.193 e. The van der Waals surface area contributed by atoms with E-state index >= 15 is 0 Å². The molecule has 0 unspecified atom stereocenters. The lowest BCUT2D eigenvalue weighted by Gasteiger charge is -2.42. The second-order valence-corrected chi connectivity index (χ2v) is 28.2. The summed E-state index contributed by atoms with van der Waals surface area (Å²) in [5.74, 6) is 6.84. The van der Waals surface area contributed by atoms with Crippen LogP contribution in [0.3, 0.4) is 0 Å². The molecule has 0 aromatic heterocycles. The highest BCUT2D eigenvalue weighted by atomic mass is 32.2. The fourth-order valence-corrected chi connectivity index (χ4v) is 15.0. The van der Waals surface area contributed by atoms with Gasteiger partial charge in [-0.05, 0) is 84.5 Å². The molecule has 2 saturated heterocycles. The summed E-state index contributed by atoms with van der Waals surface area (Å²) in [6, 6.07) is 19.3. The summed E-state index contributed by atoms with van der Waals surface area (Å²) in [6.45, 7) is 20.2. The second-order valence-electron chi connectivity index (χ2n) is 15.5. The Labute approximate surface area is 291 Å². The average Bonchev–Trinajstić information content (AvgIpc) is 3.44. The van der Waals surface area contributed by atoms with Crippen molar-refractivity contribution in [1.82, 2.24) is 0 Å². The van der Waals surface area contributed by atoms with E-state index in [2.05, 4.69) is 126 Å². The molecule has 2 aromatic rings. The predicted octanol–water partition coefficient (Wildman–Crippen LogP) is 9.36. The van der Waals surface area contributed by atoms with Gasteiger partial charge < -0.3 is 18.6 Å². The number of rotatable bonds is 14. The maximum absolute atomic E-state index is 7.18. The zero-order valence-electron chi connectivity index (χ0n) is 29.8. The molecular weight excluding hydrogens is 641 g/mol. The number of ether oxygens (including phenoxy) is 3. The van der Waals surface area contributed by atoms with E-state index in [-0.39, 0.29) is 27.4 Å². The summed E-state index contributed by atoms with van der Waals surface area (Å²) in [7, 11) is -2.36. The van der Waals surface area contributed by atoms with Crippen molar-refractivity contribution in [3.63, 3.8) is 0 Å². The molecule has 8 heteroatoms. The van der Waals surface area contributed by atoms with Crippen LogP contribution in [0.15, 0.2) is 54.6 Å². The lowest BCUT2D eigenvalue weighted by molar-refractivity contribution is -0.0125. The van der Waals surface area contributed by atoms with Gasteiger partial charge in [0.1, 0.15) is 11.9 Å². The van der Waals surface area contributed by atoms with E-state index in [1.807, 2.05) is 12.1 Å². The third kappa shape index (κ3) is 9.49. The Bertz CT molecular complexity index is 1270. The van der Waals surface area contributed by atoms with Crippen LogP contribution in [0, 0.1) is 18.3 Å². The van der Waals surface area contributed by atoms with E-state index < -0.39 is 16.4 Å². The normalized spacial score (nSPS) is 23.4. The number of thioether (sulfide) groups is 2. The first kappa shape index (κ1) is 37.6. The van der Waals surface area contributed by atoms with Gasteiger partial charge in [0, 0.05) is 6.61 Å². The lowest BCUT2D eigenvalue weighted by Crippen LogP contribution is -2.53. The van der Waals surface area contributed by atoms with Gasteiger partial charge >= 0.3 is 0 Å². The van der Waals surface area contributed by atoms with E-state index in [1.54, 1.807) is 7.11 Å². The molecule has 5 atom stereocenters. The fourth-order valence-electron chi connectivity index (χ4n) is 6.65. The monoisotopic (exact) mass is 698 g/mol. The van der Waals surface area contributed by atoms with Crippen molar-refractivity contribution in [1.29, 1.82) is 0 Å². The Kier molecular flexibility index (Phi) is 13.1. The van der Waals surface area contributed by atoms with E-state index in [0.29, 0.717) is 18.1 Å². The van der Waals surface area contributed by atoms with Crippen molar-refractivity contribution in [2.45, 2.75) is 119 Å². The van der Waals surface area contributed by atoms with Gasteiger partial charge in [0.2, 0.25) is 0 Å². The first-order valence-corrected chi connectivity index (χ1v) is 25.0. The second kappa shape index (κ2) is 16.0. The van der Waals surface area contributed by atoms with Crippen molar-refractivity contribution < 1.29 is 18.6 Å². The van der Waals surface area contributed by atoms with Crippen LogP contribution in [0.4, 0.5) is 0 Å². The third-order valence-corrected chi connectivity index (χ3v) is 22.6. The minimum absolute atomic E-state index is 0.0764. The Morgan fingerprint density at radius 3 is 2.26 bits per heavy atom. The highest BCUT2D eigenvalue weighted by Crippen LogP contribution is 2.53. The summed E-state index contributed by atoms with van der Waals surface area (Å²) in [5.41, 5.74) is 1.56. The number of methoxy groups -OCH3 is 1. The summed E-state index contributed by atoms with van der Waals surface area (Å²) in [4.78, 5) is 0. The first-order valence-electron chi connectivity index (χ1n) is 17.0. The molecule has 0 saturated carbocycles. The molecule has 0 radical (unpaired) electrons. The smallest absolute Gasteiger partial charge is 0.193 e. The molecule has 4 nitrogen and oxygen atoms in total. The van der Waals surface area contributed by atoms with Gasteiger partial charge in [-0.25, -0.2) is 0 Å². The van der Waals surface area contributed by atoms with E-state index in [9.17, 15) is 0 Å². The van der Waals surface area contributed by atoms with E-state index in [4.69, 9.17) is 25.1 Å². The molecule has 2 aliphatic rings. The van der Waals surface area contributed by atoms with Gasteiger partial charge in [0.15, 0.2) is 8.32 Å². The number of hydrogen-bond acceptors (Lipinski definition) is 6. The van der Waals surface area contributed by atoms with E-state index in [0.717, 1.165) is 31.6 Å². The van der Waals surface area contributed by atoms with Crippen molar-refractivity contribution in [2.24, 2.45) is 5.92 Å².